The maximum atomic E-state index is 13.0. The van der Waals surface area contributed by atoms with Crippen LogP contribution in [0, 0.1) is 0 Å². The molecule has 0 atom stereocenters. The Labute approximate surface area is 209 Å². The summed E-state index contributed by atoms with van der Waals surface area (Å²) in [5, 5.41) is 9.47. The highest BCUT2D eigenvalue weighted by atomic mass is 32.2. The van der Waals surface area contributed by atoms with Gasteiger partial charge < -0.3 is 19.5 Å². The molecule has 0 bridgehead atoms. The summed E-state index contributed by atoms with van der Waals surface area (Å²) in [7, 11) is 1.48. The van der Waals surface area contributed by atoms with Gasteiger partial charge in [0.2, 0.25) is 0 Å². The van der Waals surface area contributed by atoms with Crippen molar-refractivity contribution in [1.29, 1.82) is 0 Å². The number of benzene rings is 2. The number of aliphatic carboxylic acids is 1. The second kappa shape index (κ2) is 11.3. The zero-order valence-electron chi connectivity index (χ0n) is 19.9. The number of carboxylic acid groups (broad SMARTS) is 1. The molecule has 2 saturated heterocycles. The van der Waals surface area contributed by atoms with Crippen molar-refractivity contribution in [3.63, 3.8) is 0 Å². The fourth-order valence-electron chi connectivity index (χ4n) is 4.05. The minimum atomic E-state index is -1.07. The first-order valence-electron chi connectivity index (χ1n) is 11.7. The third-order valence-corrected chi connectivity index (χ3v) is 6.84. The van der Waals surface area contributed by atoms with E-state index in [0.717, 1.165) is 24.3 Å². The highest BCUT2D eigenvalue weighted by molar-refractivity contribution is 8.18. The molecule has 0 spiro atoms. The minimum absolute atomic E-state index is 0.105. The Morgan fingerprint density at radius 1 is 1.11 bits per heavy atom. The highest BCUT2D eigenvalue weighted by Gasteiger charge is 2.32. The fraction of sp³-hybridized carbons (Fsp3) is 0.346. The van der Waals surface area contributed by atoms with Gasteiger partial charge in [-0.25, -0.2) is 9.79 Å². The van der Waals surface area contributed by atoms with Crippen LogP contribution in [0.15, 0.2) is 52.4 Å². The maximum Gasteiger partial charge on any atom is 0.341 e. The van der Waals surface area contributed by atoms with E-state index in [2.05, 4.69) is 17.0 Å². The lowest BCUT2D eigenvalue weighted by Gasteiger charge is -2.28. The molecule has 0 saturated carbocycles. The van der Waals surface area contributed by atoms with Crippen molar-refractivity contribution in [2.24, 2.45) is 4.99 Å². The number of anilines is 1. The predicted molar refractivity (Wildman–Crippen MR) is 139 cm³/mol. The van der Waals surface area contributed by atoms with Gasteiger partial charge >= 0.3 is 5.97 Å². The molecule has 35 heavy (non-hydrogen) atoms. The molecule has 0 unspecified atom stereocenters. The lowest BCUT2D eigenvalue weighted by Crippen LogP contribution is -2.29. The van der Waals surface area contributed by atoms with Crippen molar-refractivity contribution in [2.75, 3.05) is 38.3 Å². The Balaban J connectivity index is 1.52. The Hall–Kier alpha value is -3.46. The van der Waals surface area contributed by atoms with E-state index in [9.17, 15) is 9.59 Å². The van der Waals surface area contributed by atoms with Crippen molar-refractivity contribution in [2.45, 2.75) is 26.2 Å². The van der Waals surface area contributed by atoms with Gasteiger partial charge in [-0.2, -0.15) is 0 Å². The normalized spacial score (nSPS) is 18.4. The number of methoxy groups -OCH3 is 1. The summed E-state index contributed by atoms with van der Waals surface area (Å²) in [5.74, 6) is -0.455. The van der Waals surface area contributed by atoms with Crippen LogP contribution in [0.2, 0.25) is 0 Å². The average Bonchev–Trinajstić information content (AvgIpc) is 3.17. The monoisotopic (exact) mass is 495 g/mol. The molecule has 0 aliphatic carbocycles. The van der Waals surface area contributed by atoms with Crippen LogP contribution in [0.4, 0.5) is 11.4 Å². The number of amides is 1. The number of likely N-dealkylation sites (N-methyl/N-ethyl adjacent to an activating group) is 1. The number of ether oxygens (including phenoxy) is 2. The molecule has 2 fully saturated rings. The van der Waals surface area contributed by atoms with Crippen molar-refractivity contribution in [3.05, 3.63) is 52.9 Å². The molecule has 184 valence electrons. The van der Waals surface area contributed by atoms with Crippen LogP contribution in [0.3, 0.4) is 0 Å². The van der Waals surface area contributed by atoms with Gasteiger partial charge in [-0.05, 0) is 86.0 Å². The van der Waals surface area contributed by atoms with Crippen LogP contribution in [-0.4, -0.2) is 60.4 Å². The number of piperidine rings is 1. The van der Waals surface area contributed by atoms with Gasteiger partial charge in [0.1, 0.15) is 0 Å². The van der Waals surface area contributed by atoms with E-state index in [-0.39, 0.29) is 5.91 Å². The Morgan fingerprint density at radius 3 is 2.51 bits per heavy atom. The van der Waals surface area contributed by atoms with Crippen molar-refractivity contribution in [3.8, 4) is 11.5 Å². The topological polar surface area (TPSA) is 91.7 Å². The van der Waals surface area contributed by atoms with E-state index < -0.39 is 12.6 Å². The van der Waals surface area contributed by atoms with Gasteiger partial charge in [-0.3, -0.25) is 9.69 Å². The summed E-state index contributed by atoms with van der Waals surface area (Å²) >= 11 is 1.33. The lowest BCUT2D eigenvalue weighted by atomic mass is 10.1. The van der Waals surface area contributed by atoms with E-state index in [1.54, 1.807) is 29.2 Å². The molecule has 8 nitrogen and oxygen atoms in total. The van der Waals surface area contributed by atoms with Crippen LogP contribution in [0.1, 0.15) is 31.7 Å². The van der Waals surface area contributed by atoms with E-state index in [1.165, 1.54) is 43.8 Å². The lowest BCUT2D eigenvalue weighted by molar-refractivity contribution is -0.139. The van der Waals surface area contributed by atoms with Crippen LogP contribution >= 0.6 is 11.8 Å². The van der Waals surface area contributed by atoms with E-state index in [0.29, 0.717) is 28.1 Å². The largest absolute Gasteiger partial charge is 0.493 e. The summed E-state index contributed by atoms with van der Waals surface area (Å²) < 4.78 is 10.6. The number of amidine groups is 1. The first kappa shape index (κ1) is 24.7. The van der Waals surface area contributed by atoms with Gasteiger partial charge in [0.15, 0.2) is 23.3 Å². The molecule has 2 aromatic carbocycles. The molecule has 2 aliphatic heterocycles. The third-order valence-electron chi connectivity index (χ3n) is 5.84. The average molecular weight is 496 g/mol. The minimum Gasteiger partial charge on any atom is -0.493 e. The standard InChI is InChI=1S/C26H29N3O5S/c1-3-29-25(32)23(16-18-7-12-21(22(15-18)33-2)34-17-24(30)31)35-26(29)27-19-8-10-20(11-9-19)28-13-5-4-6-14-28/h7-12,15-16H,3-6,13-14,17H2,1-2H3,(H,30,31)/b23-16-,27-26?. The van der Waals surface area contributed by atoms with Crippen LogP contribution < -0.4 is 14.4 Å². The van der Waals surface area contributed by atoms with Gasteiger partial charge in [0.05, 0.1) is 17.7 Å². The number of carbonyl (C=O) groups is 2. The summed E-state index contributed by atoms with van der Waals surface area (Å²) in [6.45, 7) is 4.16. The predicted octanol–water partition coefficient (Wildman–Crippen LogP) is 4.77. The second-order valence-electron chi connectivity index (χ2n) is 8.21. The number of carboxylic acids is 1. The van der Waals surface area contributed by atoms with Gasteiger partial charge in [0.25, 0.3) is 5.91 Å². The molecule has 2 aliphatic rings. The smallest absolute Gasteiger partial charge is 0.341 e. The second-order valence-corrected chi connectivity index (χ2v) is 9.22. The molecule has 9 heteroatoms. The molecular weight excluding hydrogens is 466 g/mol. The summed E-state index contributed by atoms with van der Waals surface area (Å²) in [6.07, 6.45) is 5.54. The third kappa shape index (κ3) is 5.97. The fourth-order valence-corrected chi connectivity index (χ4v) is 5.12. The number of aliphatic imine (C=N–C) groups is 1. The molecule has 1 N–H and O–H groups in total. The SMILES string of the molecule is CCN1C(=O)/C(=C/c2ccc(OCC(=O)O)c(OC)c2)SC1=Nc1ccc(N2CCCCC2)cc1. The number of thioether (sulfide) groups is 1. The zero-order valence-corrected chi connectivity index (χ0v) is 20.7. The molecule has 2 heterocycles. The Bertz CT molecular complexity index is 1140. The summed E-state index contributed by atoms with van der Waals surface area (Å²) in [6, 6.07) is 13.3. The van der Waals surface area contributed by atoms with Crippen LogP contribution in [0.5, 0.6) is 11.5 Å². The number of hydrogen-bond donors (Lipinski definition) is 1. The summed E-state index contributed by atoms with van der Waals surface area (Å²) in [5.41, 5.74) is 2.76. The van der Waals surface area contributed by atoms with Crippen molar-refractivity contribution >= 4 is 46.3 Å². The number of hydrogen-bond acceptors (Lipinski definition) is 7. The van der Waals surface area contributed by atoms with E-state index in [1.807, 2.05) is 19.1 Å². The van der Waals surface area contributed by atoms with Crippen LogP contribution in [0.25, 0.3) is 6.08 Å². The zero-order chi connectivity index (χ0) is 24.8. The van der Waals surface area contributed by atoms with Crippen molar-refractivity contribution < 1.29 is 24.2 Å². The highest BCUT2D eigenvalue weighted by Crippen LogP contribution is 2.36. The first-order valence-corrected chi connectivity index (χ1v) is 12.5. The molecule has 2 aromatic rings. The van der Waals surface area contributed by atoms with E-state index in [4.69, 9.17) is 19.6 Å². The quantitative estimate of drug-likeness (QED) is 0.527. The molecular formula is C26H29N3O5S. The van der Waals surface area contributed by atoms with Gasteiger partial charge in [-0.15, -0.1) is 0 Å². The Morgan fingerprint density at radius 2 is 1.86 bits per heavy atom. The number of nitrogens with zero attached hydrogens (tertiary/aromatic N) is 3. The molecule has 0 radical (unpaired) electrons. The van der Waals surface area contributed by atoms with Gasteiger partial charge in [0, 0.05) is 25.3 Å². The van der Waals surface area contributed by atoms with Gasteiger partial charge in [-0.1, -0.05) is 6.07 Å². The molecule has 1 amide bonds. The molecule has 4 rings (SSSR count). The maximum absolute atomic E-state index is 13.0. The Kier molecular flexibility index (Phi) is 7.97. The number of carbonyl (C=O) groups excluding carboxylic acids is 1. The number of rotatable bonds is 8. The first-order chi connectivity index (χ1) is 17.0. The van der Waals surface area contributed by atoms with Crippen molar-refractivity contribution in [1.82, 2.24) is 4.90 Å². The van der Waals surface area contributed by atoms with Crippen LogP contribution in [-0.2, 0) is 9.59 Å². The molecule has 0 aromatic heterocycles. The van der Waals surface area contributed by atoms with E-state index >= 15 is 0 Å². The summed E-state index contributed by atoms with van der Waals surface area (Å²) in [4.78, 5) is 33.2.